The van der Waals surface area contributed by atoms with Gasteiger partial charge in [-0.1, -0.05) is 45.0 Å². The van der Waals surface area contributed by atoms with Crippen molar-refractivity contribution in [2.45, 2.75) is 46.1 Å². The first kappa shape index (κ1) is 22.3. The summed E-state index contributed by atoms with van der Waals surface area (Å²) in [5.74, 6) is -1.16. The molecule has 1 unspecified atom stereocenters. The highest BCUT2D eigenvalue weighted by Crippen LogP contribution is 2.59. The van der Waals surface area contributed by atoms with Gasteiger partial charge in [-0.3, -0.25) is 0 Å². The van der Waals surface area contributed by atoms with Crippen LogP contribution in [0, 0.1) is 56.7 Å². The van der Waals surface area contributed by atoms with Gasteiger partial charge in [0, 0.05) is 11.5 Å². The van der Waals surface area contributed by atoms with Gasteiger partial charge in [0.05, 0.1) is 23.4 Å². The second-order valence-corrected chi connectivity index (χ2v) is 9.13. The number of para-hydroxylation sites is 1. The van der Waals surface area contributed by atoms with E-state index in [1.165, 1.54) is 6.07 Å². The molecule has 0 aromatic heterocycles. The summed E-state index contributed by atoms with van der Waals surface area (Å²) < 4.78 is 31.0. The number of hydrogen-bond donors (Lipinski definition) is 1. The minimum atomic E-state index is -3.06. The highest BCUT2D eigenvalue weighted by atomic mass is 19.3. The number of fused-ring (bicyclic) bond motifs is 1. The van der Waals surface area contributed by atoms with Gasteiger partial charge in [0.1, 0.15) is 11.8 Å². The first-order valence-electron chi connectivity index (χ1n) is 10.1. The molecular weight excluding hydrogens is 398 g/mol. The van der Waals surface area contributed by atoms with Gasteiger partial charge in [-0.05, 0) is 41.7 Å². The minimum Gasteiger partial charge on any atom is -0.435 e. The van der Waals surface area contributed by atoms with Gasteiger partial charge in [-0.15, -0.1) is 0 Å². The first-order valence-corrected chi connectivity index (χ1v) is 10.1. The zero-order valence-electron chi connectivity index (χ0n) is 17.7. The zero-order valence-corrected chi connectivity index (χ0v) is 17.7. The van der Waals surface area contributed by atoms with E-state index >= 15 is 0 Å². The quantitative estimate of drug-likeness (QED) is 0.724. The number of alkyl halides is 2. The van der Waals surface area contributed by atoms with E-state index in [9.17, 15) is 24.6 Å². The fourth-order valence-electron chi connectivity index (χ4n) is 4.88. The second-order valence-electron chi connectivity index (χ2n) is 9.13. The molecular formula is C24H24F2N4O. The van der Waals surface area contributed by atoms with Crippen molar-refractivity contribution in [3.63, 3.8) is 0 Å². The average Bonchev–Trinajstić information content (AvgIpc) is 2.72. The van der Waals surface area contributed by atoms with Crippen LogP contribution in [0.5, 0.6) is 5.75 Å². The summed E-state index contributed by atoms with van der Waals surface area (Å²) in [7, 11) is 0. The van der Waals surface area contributed by atoms with Gasteiger partial charge in [0.2, 0.25) is 0 Å². The van der Waals surface area contributed by atoms with E-state index in [4.69, 9.17) is 10.5 Å². The Balaban J connectivity index is 2.32. The highest BCUT2D eigenvalue weighted by Gasteiger charge is 2.55. The third-order valence-corrected chi connectivity index (χ3v) is 6.57. The number of nitriles is 3. The van der Waals surface area contributed by atoms with Gasteiger partial charge in [-0.2, -0.15) is 24.6 Å². The van der Waals surface area contributed by atoms with Crippen molar-refractivity contribution in [1.29, 1.82) is 15.8 Å². The Bertz CT molecular complexity index is 1050. The van der Waals surface area contributed by atoms with Crippen LogP contribution in [-0.2, 0) is 0 Å². The van der Waals surface area contributed by atoms with E-state index in [2.05, 4.69) is 26.8 Å². The smallest absolute Gasteiger partial charge is 0.387 e. The second kappa shape index (κ2) is 8.05. The predicted octanol–water partition coefficient (Wildman–Crippen LogP) is 5.15. The lowest BCUT2D eigenvalue weighted by atomic mass is 9.54. The SMILES string of the molecule is CC(C)(C)C1CC=C2C(C#N)=C(N)C(C#N)(C#N)[C@@H](c3ccccc3OC(F)F)[C@@H]2C1. The summed E-state index contributed by atoms with van der Waals surface area (Å²) in [6, 6.07) is 12.3. The predicted molar refractivity (Wildman–Crippen MR) is 110 cm³/mol. The third-order valence-electron chi connectivity index (χ3n) is 6.57. The molecule has 0 heterocycles. The lowest BCUT2D eigenvalue weighted by Gasteiger charge is -2.47. The van der Waals surface area contributed by atoms with Crippen LogP contribution in [-0.4, -0.2) is 6.61 Å². The Morgan fingerprint density at radius 1 is 1.16 bits per heavy atom. The average molecular weight is 422 g/mol. The Labute approximate surface area is 181 Å². The summed E-state index contributed by atoms with van der Waals surface area (Å²) in [5, 5.41) is 30.1. The van der Waals surface area contributed by atoms with Crippen molar-refractivity contribution < 1.29 is 13.5 Å². The Morgan fingerprint density at radius 2 is 1.81 bits per heavy atom. The molecule has 0 aliphatic heterocycles. The maximum Gasteiger partial charge on any atom is 0.387 e. The number of nitrogens with zero attached hydrogens (tertiary/aromatic N) is 3. The molecule has 1 aromatic rings. The van der Waals surface area contributed by atoms with Crippen molar-refractivity contribution in [2.75, 3.05) is 0 Å². The van der Waals surface area contributed by atoms with E-state index in [1.54, 1.807) is 18.2 Å². The number of ether oxygens (including phenoxy) is 1. The van der Waals surface area contributed by atoms with Crippen molar-refractivity contribution in [3.05, 3.63) is 52.7 Å². The lowest BCUT2D eigenvalue weighted by molar-refractivity contribution is -0.0510. The summed E-state index contributed by atoms with van der Waals surface area (Å²) in [5.41, 5.74) is 5.34. The van der Waals surface area contributed by atoms with E-state index < -0.39 is 23.9 Å². The number of hydrogen-bond acceptors (Lipinski definition) is 5. The summed E-state index contributed by atoms with van der Waals surface area (Å²) in [4.78, 5) is 0. The molecule has 7 heteroatoms. The fraction of sp³-hybridized carbons (Fsp3) is 0.458. The molecule has 0 amide bonds. The molecule has 2 N–H and O–H groups in total. The molecule has 31 heavy (non-hydrogen) atoms. The van der Waals surface area contributed by atoms with Gasteiger partial charge in [0.15, 0.2) is 5.41 Å². The molecule has 5 nitrogen and oxygen atoms in total. The van der Waals surface area contributed by atoms with Crippen molar-refractivity contribution in [3.8, 4) is 24.0 Å². The molecule has 0 saturated heterocycles. The third kappa shape index (κ3) is 3.64. The fourth-order valence-corrected chi connectivity index (χ4v) is 4.88. The molecule has 0 saturated carbocycles. The number of nitrogens with two attached hydrogens (primary N) is 1. The molecule has 0 fully saturated rings. The van der Waals surface area contributed by atoms with Gasteiger partial charge in [0.25, 0.3) is 0 Å². The minimum absolute atomic E-state index is 0.0625. The van der Waals surface area contributed by atoms with Crippen LogP contribution < -0.4 is 10.5 Å². The summed E-state index contributed by atoms with van der Waals surface area (Å²) in [6.45, 7) is 3.27. The molecule has 0 spiro atoms. The van der Waals surface area contributed by atoms with Crippen LogP contribution in [0.25, 0.3) is 0 Å². The molecule has 1 aromatic carbocycles. The van der Waals surface area contributed by atoms with E-state index in [0.717, 1.165) is 6.42 Å². The molecule has 2 aliphatic rings. The maximum atomic E-state index is 13.1. The van der Waals surface area contributed by atoms with Crippen molar-refractivity contribution in [1.82, 2.24) is 0 Å². The molecule has 160 valence electrons. The Morgan fingerprint density at radius 3 is 2.35 bits per heavy atom. The Hall–Kier alpha value is -3.37. The van der Waals surface area contributed by atoms with Crippen LogP contribution in [0.3, 0.4) is 0 Å². The zero-order chi connectivity index (χ0) is 23.0. The lowest BCUT2D eigenvalue weighted by Crippen LogP contribution is -2.44. The molecule has 2 aliphatic carbocycles. The maximum absolute atomic E-state index is 13.1. The van der Waals surface area contributed by atoms with Crippen LogP contribution in [0.2, 0.25) is 0 Å². The summed E-state index contributed by atoms with van der Waals surface area (Å²) >= 11 is 0. The van der Waals surface area contributed by atoms with Crippen LogP contribution in [0.15, 0.2) is 47.2 Å². The monoisotopic (exact) mass is 422 g/mol. The van der Waals surface area contributed by atoms with Gasteiger partial charge >= 0.3 is 6.61 Å². The van der Waals surface area contributed by atoms with E-state index in [-0.39, 0.29) is 28.4 Å². The van der Waals surface area contributed by atoms with Crippen molar-refractivity contribution >= 4 is 0 Å². The molecule has 3 rings (SSSR count). The van der Waals surface area contributed by atoms with E-state index in [1.807, 2.05) is 18.2 Å². The van der Waals surface area contributed by atoms with Crippen LogP contribution in [0.1, 0.15) is 45.1 Å². The number of halogens is 2. The highest BCUT2D eigenvalue weighted by molar-refractivity contribution is 5.60. The summed E-state index contributed by atoms with van der Waals surface area (Å²) in [6.07, 6.45) is 3.27. The number of benzene rings is 1. The molecule has 0 bridgehead atoms. The normalized spacial score (nSPS) is 25.0. The van der Waals surface area contributed by atoms with Crippen molar-refractivity contribution in [2.24, 2.45) is 28.4 Å². The van der Waals surface area contributed by atoms with Gasteiger partial charge < -0.3 is 10.5 Å². The molecule has 3 atom stereocenters. The van der Waals surface area contributed by atoms with E-state index in [0.29, 0.717) is 17.6 Å². The Kier molecular flexibility index (Phi) is 5.79. The number of rotatable bonds is 3. The first-order chi connectivity index (χ1) is 14.6. The standard InChI is InChI=1S/C24H24F2N4O/c1-23(2,3)14-8-9-15-17(10-14)20(16-6-4-5-7-19(16)31-22(25)26)24(12-28,13-29)21(30)18(15)11-27/h4-7,9,14,17,20,22H,8,10,30H2,1-3H3/t14?,17-,20+/m1/s1. The van der Waals surface area contributed by atoms with Crippen LogP contribution >= 0.6 is 0 Å². The number of allylic oxidation sites excluding steroid dienone is 4. The molecule has 0 radical (unpaired) electrons. The van der Waals surface area contributed by atoms with Crippen LogP contribution in [0.4, 0.5) is 8.78 Å². The van der Waals surface area contributed by atoms with Gasteiger partial charge in [-0.25, -0.2) is 0 Å². The largest absolute Gasteiger partial charge is 0.435 e. The topological polar surface area (TPSA) is 107 Å².